The smallest absolute Gasteiger partial charge is 0.259 e. The summed E-state index contributed by atoms with van der Waals surface area (Å²) in [7, 11) is 0. The lowest BCUT2D eigenvalue weighted by Gasteiger charge is -2.34. The van der Waals surface area contributed by atoms with E-state index in [1.54, 1.807) is 36.4 Å². The Bertz CT molecular complexity index is 1440. The molecule has 33 heavy (non-hydrogen) atoms. The van der Waals surface area contributed by atoms with Gasteiger partial charge in [-0.05, 0) is 35.7 Å². The highest BCUT2D eigenvalue weighted by Crippen LogP contribution is 2.26. The predicted molar refractivity (Wildman–Crippen MR) is 120 cm³/mol. The van der Waals surface area contributed by atoms with Crippen LogP contribution in [0, 0.1) is 0 Å². The topological polar surface area (TPSA) is 164 Å². The van der Waals surface area contributed by atoms with Crippen molar-refractivity contribution in [3.8, 4) is 0 Å². The molecule has 5 N–H and O–H groups in total. The number of aromatic nitrogens is 2. The molecule has 0 bridgehead atoms. The SMILES string of the molecule is Nc1noc2cc(NC(=O)[C@H](O)C3OCCN(c4ccc5ccc(=O)[nH]c5c4)C3=O)ccc12. The first kappa shape index (κ1) is 20.7. The van der Waals surface area contributed by atoms with Gasteiger partial charge in [0.05, 0.1) is 17.5 Å². The number of hydrogen-bond acceptors (Lipinski definition) is 8. The number of morpholine rings is 1. The number of hydrogen-bond donors (Lipinski definition) is 4. The number of nitrogens with two attached hydrogens (primary N) is 1. The fraction of sp³-hybridized carbons (Fsp3) is 0.182. The number of carbonyl (C=O) groups is 2. The minimum atomic E-state index is -1.75. The highest BCUT2D eigenvalue weighted by atomic mass is 16.5. The van der Waals surface area contributed by atoms with Gasteiger partial charge in [0.25, 0.3) is 11.8 Å². The van der Waals surface area contributed by atoms with Crippen LogP contribution in [0.25, 0.3) is 21.9 Å². The molecule has 0 saturated carbocycles. The number of carbonyl (C=O) groups excluding carboxylic acids is 2. The Labute approximate surface area is 185 Å². The number of anilines is 3. The summed E-state index contributed by atoms with van der Waals surface area (Å²) in [4.78, 5) is 41.4. The Hall–Kier alpha value is -4.22. The molecular weight excluding hydrogens is 430 g/mol. The Morgan fingerprint density at radius 2 is 2.03 bits per heavy atom. The van der Waals surface area contributed by atoms with Crippen LogP contribution in [0.5, 0.6) is 0 Å². The summed E-state index contributed by atoms with van der Waals surface area (Å²) in [5, 5.41) is 18.2. The molecule has 1 saturated heterocycles. The molecule has 1 unspecified atom stereocenters. The molecule has 11 heteroatoms. The number of nitrogen functional groups attached to an aromatic ring is 1. The number of aliphatic hydroxyl groups is 1. The van der Waals surface area contributed by atoms with Gasteiger partial charge in [-0.25, -0.2) is 0 Å². The van der Waals surface area contributed by atoms with E-state index in [-0.39, 0.29) is 24.5 Å². The quantitative estimate of drug-likeness (QED) is 0.358. The second kappa shape index (κ2) is 8.04. The maximum absolute atomic E-state index is 13.1. The summed E-state index contributed by atoms with van der Waals surface area (Å²) >= 11 is 0. The van der Waals surface area contributed by atoms with Gasteiger partial charge in [-0.15, -0.1) is 0 Å². The van der Waals surface area contributed by atoms with Crippen molar-refractivity contribution in [2.75, 3.05) is 29.1 Å². The van der Waals surface area contributed by atoms with Crippen LogP contribution in [0.3, 0.4) is 0 Å². The molecule has 4 aromatic rings. The molecular formula is C22H19N5O6. The number of benzene rings is 2. The lowest BCUT2D eigenvalue weighted by Crippen LogP contribution is -2.55. The van der Waals surface area contributed by atoms with E-state index in [9.17, 15) is 19.5 Å². The standard InChI is InChI=1S/C22H19N5O6/c23-20-14-5-3-12(9-16(14)33-26-20)24-21(30)18(29)19-22(31)27(7-8-32-19)13-4-1-11-2-6-17(28)25-15(11)10-13/h1-6,9-10,18-19,29H,7-8H2,(H2,23,26)(H,24,30)(H,25,28)/t18-,19?/m1/s1. The average Bonchev–Trinajstić information content (AvgIpc) is 3.18. The molecule has 11 nitrogen and oxygen atoms in total. The van der Waals surface area contributed by atoms with Gasteiger partial charge in [0.1, 0.15) is 0 Å². The molecule has 1 aliphatic rings. The van der Waals surface area contributed by atoms with E-state index >= 15 is 0 Å². The van der Waals surface area contributed by atoms with E-state index in [0.29, 0.717) is 27.9 Å². The van der Waals surface area contributed by atoms with Crippen LogP contribution < -0.4 is 21.5 Å². The summed E-state index contributed by atoms with van der Waals surface area (Å²) in [5.74, 6) is -1.16. The number of aromatic amines is 1. The largest absolute Gasteiger partial charge is 0.380 e. The van der Waals surface area contributed by atoms with E-state index in [4.69, 9.17) is 15.0 Å². The second-order valence-corrected chi connectivity index (χ2v) is 7.59. The second-order valence-electron chi connectivity index (χ2n) is 7.59. The van der Waals surface area contributed by atoms with Crippen LogP contribution in [-0.2, 0) is 14.3 Å². The van der Waals surface area contributed by atoms with Gasteiger partial charge >= 0.3 is 0 Å². The third-order valence-corrected chi connectivity index (χ3v) is 5.47. The van der Waals surface area contributed by atoms with Crippen LogP contribution >= 0.6 is 0 Å². The highest BCUT2D eigenvalue weighted by molar-refractivity contribution is 6.05. The normalized spacial score (nSPS) is 17.4. The molecule has 0 spiro atoms. The zero-order valence-corrected chi connectivity index (χ0v) is 17.1. The van der Waals surface area contributed by atoms with Gasteiger partial charge in [0.15, 0.2) is 23.6 Å². The van der Waals surface area contributed by atoms with E-state index in [1.165, 1.54) is 17.0 Å². The lowest BCUT2D eigenvalue weighted by molar-refractivity contribution is -0.150. The predicted octanol–water partition coefficient (Wildman–Crippen LogP) is 0.983. The van der Waals surface area contributed by atoms with E-state index in [0.717, 1.165) is 5.39 Å². The van der Waals surface area contributed by atoms with Crippen molar-refractivity contribution in [1.29, 1.82) is 0 Å². The monoisotopic (exact) mass is 449 g/mol. The maximum atomic E-state index is 13.1. The van der Waals surface area contributed by atoms with Crippen molar-refractivity contribution >= 4 is 50.9 Å². The third-order valence-electron chi connectivity index (χ3n) is 5.47. The number of aliphatic hydroxyl groups excluding tert-OH is 1. The number of ether oxygens (including phenoxy) is 1. The Kier molecular flexibility index (Phi) is 5.04. The zero-order chi connectivity index (χ0) is 23.1. The molecule has 0 radical (unpaired) electrons. The van der Waals surface area contributed by atoms with E-state index in [2.05, 4.69) is 15.5 Å². The first-order valence-corrected chi connectivity index (χ1v) is 10.1. The maximum Gasteiger partial charge on any atom is 0.259 e. The summed E-state index contributed by atoms with van der Waals surface area (Å²) in [6.45, 7) is 0.350. The van der Waals surface area contributed by atoms with Gasteiger partial charge in [-0.2, -0.15) is 0 Å². The fourth-order valence-corrected chi connectivity index (χ4v) is 3.78. The number of pyridine rings is 1. The number of amides is 2. The number of nitrogens with zero attached hydrogens (tertiary/aromatic N) is 2. The van der Waals surface area contributed by atoms with Gasteiger partial charge in [0, 0.05) is 30.1 Å². The molecule has 0 aliphatic carbocycles. The summed E-state index contributed by atoms with van der Waals surface area (Å²) < 4.78 is 10.5. The van der Waals surface area contributed by atoms with Gasteiger partial charge < -0.3 is 35.3 Å². The lowest BCUT2D eigenvalue weighted by atomic mass is 10.1. The van der Waals surface area contributed by atoms with Crippen molar-refractivity contribution in [2.45, 2.75) is 12.2 Å². The van der Waals surface area contributed by atoms with Crippen LogP contribution in [0.4, 0.5) is 17.2 Å². The molecule has 5 rings (SSSR count). The molecule has 168 valence electrons. The van der Waals surface area contributed by atoms with Crippen molar-refractivity contribution in [3.05, 3.63) is 58.9 Å². The molecule has 2 amide bonds. The van der Waals surface area contributed by atoms with E-state index in [1.807, 2.05) is 0 Å². The van der Waals surface area contributed by atoms with Gasteiger partial charge in [-0.3, -0.25) is 14.4 Å². The van der Waals surface area contributed by atoms with Crippen LogP contribution in [0.15, 0.2) is 57.8 Å². The molecule has 1 aliphatic heterocycles. The Morgan fingerprint density at radius 1 is 1.21 bits per heavy atom. The van der Waals surface area contributed by atoms with Crippen LogP contribution in [-0.4, -0.2) is 52.4 Å². The van der Waals surface area contributed by atoms with Crippen LogP contribution in [0.2, 0.25) is 0 Å². The highest BCUT2D eigenvalue weighted by Gasteiger charge is 2.39. The molecule has 2 aromatic carbocycles. The molecule has 3 heterocycles. The molecule has 2 atom stereocenters. The first-order valence-electron chi connectivity index (χ1n) is 10.1. The van der Waals surface area contributed by atoms with Crippen molar-refractivity contribution < 1.29 is 24.0 Å². The van der Waals surface area contributed by atoms with Crippen molar-refractivity contribution in [1.82, 2.24) is 10.1 Å². The fourth-order valence-electron chi connectivity index (χ4n) is 3.78. The minimum Gasteiger partial charge on any atom is -0.380 e. The summed E-state index contributed by atoms with van der Waals surface area (Å²) in [6.07, 6.45) is -3.15. The minimum absolute atomic E-state index is 0.118. The average molecular weight is 449 g/mol. The van der Waals surface area contributed by atoms with Gasteiger partial charge in [0.2, 0.25) is 5.56 Å². The zero-order valence-electron chi connectivity index (χ0n) is 17.1. The van der Waals surface area contributed by atoms with Crippen molar-refractivity contribution in [2.24, 2.45) is 0 Å². The number of fused-ring (bicyclic) bond motifs is 2. The number of H-pyrrole nitrogens is 1. The summed E-state index contributed by atoms with van der Waals surface area (Å²) in [5.41, 5.74) is 7.20. The number of rotatable bonds is 4. The Morgan fingerprint density at radius 3 is 2.88 bits per heavy atom. The Balaban J connectivity index is 1.34. The summed E-state index contributed by atoms with van der Waals surface area (Å²) in [6, 6.07) is 13.0. The first-order chi connectivity index (χ1) is 15.9. The third kappa shape index (κ3) is 3.79. The van der Waals surface area contributed by atoms with Crippen LogP contribution in [0.1, 0.15) is 0 Å². The molecule has 1 fully saturated rings. The molecule has 2 aromatic heterocycles. The number of nitrogens with one attached hydrogen (secondary N) is 2. The van der Waals surface area contributed by atoms with Gasteiger partial charge in [-0.1, -0.05) is 11.2 Å². The van der Waals surface area contributed by atoms with E-state index < -0.39 is 24.0 Å². The van der Waals surface area contributed by atoms with Crippen molar-refractivity contribution in [3.63, 3.8) is 0 Å².